The van der Waals surface area contributed by atoms with Crippen LogP contribution in [-0.4, -0.2) is 42.6 Å². The molecular weight excluding hydrogens is 436 g/mol. The highest BCUT2D eigenvalue weighted by atomic mass is 79.9. The molecule has 1 unspecified atom stereocenters. The number of thioether (sulfide) groups is 1. The number of benzene rings is 1. The number of hydrogen-bond acceptors (Lipinski definition) is 7. The normalized spacial score (nSPS) is 12.8. The Bertz CT molecular complexity index is 766. The van der Waals surface area contributed by atoms with Gasteiger partial charge in [0.05, 0.1) is 4.90 Å². The smallest absolute Gasteiger partial charge is 0.244 e. The molecule has 0 bridgehead atoms. The lowest BCUT2D eigenvalue weighted by molar-refractivity contribution is -0.117. The monoisotopic (exact) mass is 450 g/mol. The van der Waals surface area contributed by atoms with Crippen molar-refractivity contribution in [3.63, 3.8) is 0 Å². The minimum Gasteiger partial charge on any atom is -0.299 e. The van der Waals surface area contributed by atoms with Gasteiger partial charge in [0, 0.05) is 4.47 Å². The van der Waals surface area contributed by atoms with Crippen LogP contribution >= 0.6 is 39.0 Å². The third kappa shape index (κ3) is 5.52. The number of nitrogens with one attached hydrogen (secondary N) is 2. The molecule has 2 N–H and O–H groups in total. The maximum atomic E-state index is 12.5. The topological polar surface area (TPSA) is 101 Å². The van der Waals surface area contributed by atoms with Crippen LogP contribution in [0.5, 0.6) is 0 Å². The van der Waals surface area contributed by atoms with Gasteiger partial charge in [-0.2, -0.15) is 16.5 Å². The Morgan fingerprint density at radius 2 is 2.08 bits per heavy atom. The number of amides is 1. The Morgan fingerprint density at radius 1 is 1.38 bits per heavy atom. The Kier molecular flexibility index (Phi) is 7.16. The highest BCUT2D eigenvalue weighted by Gasteiger charge is 2.26. The van der Waals surface area contributed by atoms with E-state index >= 15 is 0 Å². The molecule has 0 saturated carbocycles. The van der Waals surface area contributed by atoms with Gasteiger partial charge in [-0.15, -0.1) is 10.2 Å². The Morgan fingerprint density at radius 3 is 2.67 bits per heavy atom. The summed E-state index contributed by atoms with van der Waals surface area (Å²) in [5, 5.41) is 10.3. The zero-order valence-corrected chi connectivity index (χ0v) is 16.6. The van der Waals surface area contributed by atoms with Crippen LogP contribution < -0.4 is 10.0 Å². The second-order valence-electron chi connectivity index (χ2n) is 4.64. The number of aromatic nitrogens is 2. The molecule has 0 aliphatic rings. The number of carbonyl (C=O) groups excluding carboxylic acids is 1. The number of sulfonamides is 1. The molecule has 0 aliphatic heterocycles. The first-order valence-corrected chi connectivity index (χ1v) is 11.3. The first-order valence-electron chi connectivity index (χ1n) is 6.76. The van der Waals surface area contributed by atoms with Crippen LogP contribution in [0.4, 0.5) is 5.13 Å². The summed E-state index contributed by atoms with van der Waals surface area (Å²) in [6, 6.07) is 5.32. The van der Waals surface area contributed by atoms with Crippen molar-refractivity contribution in [1.82, 2.24) is 14.9 Å². The molecule has 11 heteroatoms. The van der Waals surface area contributed by atoms with E-state index in [0.717, 1.165) is 4.47 Å². The summed E-state index contributed by atoms with van der Waals surface area (Å²) in [6.07, 6.45) is 2.25. The third-order valence-corrected chi connectivity index (χ3v) is 6.21. The van der Waals surface area contributed by atoms with E-state index in [0.29, 0.717) is 17.3 Å². The van der Waals surface area contributed by atoms with Gasteiger partial charge >= 0.3 is 0 Å². The number of nitrogens with zero attached hydrogens (tertiary/aromatic N) is 2. The molecule has 0 aliphatic carbocycles. The SMILES string of the molecule is CSCCC(NS(=O)(=O)c1ccc(Br)cc1)C(=O)Nc1nncs1. The van der Waals surface area contributed by atoms with Gasteiger partial charge < -0.3 is 0 Å². The van der Waals surface area contributed by atoms with Gasteiger partial charge in [-0.25, -0.2) is 8.42 Å². The van der Waals surface area contributed by atoms with E-state index in [-0.39, 0.29) is 4.90 Å². The Labute approximate surface area is 156 Å². The molecule has 0 saturated heterocycles. The van der Waals surface area contributed by atoms with E-state index in [1.165, 1.54) is 40.7 Å². The van der Waals surface area contributed by atoms with Gasteiger partial charge in [-0.3, -0.25) is 10.1 Å². The predicted octanol–water partition coefficient (Wildman–Crippen LogP) is 2.34. The van der Waals surface area contributed by atoms with Gasteiger partial charge in [0.1, 0.15) is 11.6 Å². The van der Waals surface area contributed by atoms with Crippen LogP contribution in [-0.2, 0) is 14.8 Å². The average Bonchev–Trinajstić information content (AvgIpc) is 3.04. The van der Waals surface area contributed by atoms with Crippen molar-refractivity contribution in [2.45, 2.75) is 17.4 Å². The number of anilines is 1. The average molecular weight is 451 g/mol. The summed E-state index contributed by atoms with van der Waals surface area (Å²) in [6.45, 7) is 0. The molecule has 2 rings (SSSR count). The van der Waals surface area contributed by atoms with E-state index in [1.54, 1.807) is 12.1 Å². The van der Waals surface area contributed by atoms with Crippen LogP contribution in [0.25, 0.3) is 0 Å². The quantitative estimate of drug-likeness (QED) is 0.639. The minimum atomic E-state index is -3.80. The van der Waals surface area contributed by atoms with Crippen molar-refractivity contribution in [2.24, 2.45) is 0 Å². The van der Waals surface area contributed by atoms with E-state index in [1.807, 2.05) is 6.26 Å². The summed E-state index contributed by atoms with van der Waals surface area (Å²) in [5.74, 6) is 0.179. The third-order valence-electron chi connectivity index (χ3n) is 2.94. The van der Waals surface area contributed by atoms with Crippen LogP contribution in [0.1, 0.15) is 6.42 Å². The second kappa shape index (κ2) is 8.90. The molecule has 0 spiro atoms. The molecule has 1 heterocycles. The molecular formula is C13H15BrN4O3S3. The molecule has 7 nitrogen and oxygen atoms in total. The molecule has 0 radical (unpaired) electrons. The fourth-order valence-corrected chi connectivity index (χ4v) is 4.18. The van der Waals surface area contributed by atoms with Crippen molar-refractivity contribution >= 4 is 60.1 Å². The van der Waals surface area contributed by atoms with Crippen molar-refractivity contribution in [3.05, 3.63) is 34.2 Å². The van der Waals surface area contributed by atoms with Crippen LogP contribution in [0, 0.1) is 0 Å². The summed E-state index contributed by atoms with van der Waals surface area (Å²) in [7, 11) is -3.80. The Hall–Kier alpha value is -1.01. The maximum Gasteiger partial charge on any atom is 0.244 e. The number of hydrogen-bond donors (Lipinski definition) is 2. The fraction of sp³-hybridized carbons (Fsp3) is 0.308. The van der Waals surface area contributed by atoms with Crippen molar-refractivity contribution in [1.29, 1.82) is 0 Å². The van der Waals surface area contributed by atoms with Gasteiger partial charge in [0.25, 0.3) is 0 Å². The van der Waals surface area contributed by atoms with E-state index < -0.39 is 22.0 Å². The van der Waals surface area contributed by atoms with Gasteiger partial charge in [-0.05, 0) is 42.7 Å². The number of carbonyl (C=O) groups is 1. The van der Waals surface area contributed by atoms with Crippen molar-refractivity contribution in [3.8, 4) is 0 Å². The summed E-state index contributed by atoms with van der Waals surface area (Å²) < 4.78 is 28.2. The molecule has 130 valence electrons. The predicted molar refractivity (Wildman–Crippen MR) is 99.8 cm³/mol. The lowest BCUT2D eigenvalue weighted by Crippen LogP contribution is -2.44. The zero-order valence-electron chi connectivity index (χ0n) is 12.6. The van der Waals surface area contributed by atoms with E-state index in [9.17, 15) is 13.2 Å². The molecule has 0 fully saturated rings. The second-order valence-corrected chi connectivity index (χ2v) is 9.09. The zero-order chi connectivity index (χ0) is 17.6. The van der Waals surface area contributed by atoms with Crippen molar-refractivity contribution < 1.29 is 13.2 Å². The summed E-state index contributed by atoms with van der Waals surface area (Å²) in [5.41, 5.74) is 1.48. The first-order chi connectivity index (χ1) is 11.4. The van der Waals surface area contributed by atoms with Crippen molar-refractivity contribution in [2.75, 3.05) is 17.3 Å². The number of rotatable bonds is 8. The van der Waals surface area contributed by atoms with E-state index in [2.05, 4.69) is 36.2 Å². The largest absolute Gasteiger partial charge is 0.299 e. The standard InChI is InChI=1S/C13H15BrN4O3S3/c1-22-7-6-11(12(19)16-13-17-15-8-23-13)18-24(20,21)10-4-2-9(14)3-5-10/h2-5,8,11,18H,6-7H2,1H3,(H,16,17,19). The lowest BCUT2D eigenvalue weighted by atomic mass is 10.2. The first kappa shape index (κ1) is 19.3. The van der Waals surface area contributed by atoms with Gasteiger partial charge in [-0.1, -0.05) is 27.3 Å². The molecule has 24 heavy (non-hydrogen) atoms. The van der Waals surface area contributed by atoms with Gasteiger partial charge in [0.2, 0.25) is 21.1 Å². The van der Waals surface area contributed by atoms with Crippen LogP contribution in [0.2, 0.25) is 0 Å². The molecule has 1 aromatic carbocycles. The lowest BCUT2D eigenvalue weighted by Gasteiger charge is -2.17. The molecule has 1 aromatic heterocycles. The summed E-state index contributed by atoms with van der Waals surface area (Å²) >= 11 is 5.96. The van der Waals surface area contributed by atoms with Crippen LogP contribution in [0.3, 0.4) is 0 Å². The highest BCUT2D eigenvalue weighted by Crippen LogP contribution is 2.16. The molecule has 1 amide bonds. The maximum absolute atomic E-state index is 12.5. The highest BCUT2D eigenvalue weighted by molar-refractivity contribution is 9.10. The van der Waals surface area contributed by atoms with Crippen LogP contribution in [0.15, 0.2) is 39.1 Å². The molecule has 2 aromatic rings. The number of halogens is 1. The van der Waals surface area contributed by atoms with E-state index in [4.69, 9.17) is 0 Å². The minimum absolute atomic E-state index is 0.101. The Balaban J connectivity index is 2.14. The molecule has 1 atom stereocenters. The summed E-state index contributed by atoms with van der Waals surface area (Å²) in [4.78, 5) is 12.5. The fourth-order valence-electron chi connectivity index (χ4n) is 1.77. The van der Waals surface area contributed by atoms with Gasteiger partial charge in [0.15, 0.2) is 0 Å².